The maximum atomic E-state index is 13.0. The SMILES string of the molecule is N#Cc1c(N=CC2CCCN2S(=O)(=O)c2ccccc2)n[nH]c1Nc1cccc(Cl)c1. The van der Waals surface area contributed by atoms with Gasteiger partial charge in [0.15, 0.2) is 5.82 Å². The number of aromatic nitrogens is 2. The predicted octanol–water partition coefficient (Wildman–Crippen LogP) is 4.23. The number of aliphatic imine (C=N–C) groups is 1. The molecule has 2 heterocycles. The quantitative estimate of drug-likeness (QED) is 0.541. The van der Waals surface area contributed by atoms with Crippen LogP contribution in [-0.2, 0) is 10.0 Å². The number of rotatable bonds is 6. The van der Waals surface area contributed by atoms with Crippen molar-refractivity contribution in [2.75, 3.05) is 11.9 Å². The zero-order chi connectivity index (χ0) is 21.8. The lowest BCUT2D eigenvalue weighted by molar-refractivity contribution is 0.449. The first-order chi connectivity index (χ1) is 15.0. The van der Waals surface area contributed by atoms with E-state index in [9.17, 15) is 13.7 Å². The molecule has 10 heteroatoms. The summed E-state index contributed by atoms with van der Waals surface area (Å²) in [5, 5.41) is 20.1. The van der Waals surface area contributed by atoms with E-state index in [1.807, 2.05) is 6.07 Å². The molecule has 1 aliphatic heterocycles. The minimum absolute atomic E-state index is 0.191. The second-order valence-electron chi connectivity index (χ2n) is 6.96. The van der Waals surface area contributed by atoms with Crippen LogP contribution in [0.5, 0.6) is 0 Å². The number of nitrogens with zero attached hydrogens (tertiary/aromatic N) is 4. The topological polar surface area (TPSA) is 114 Å². The molecule has 2 aromatic carbocycles. The lowest BCUT2D eigenvalue weighted by atomic mass is 10.2. The maximum absolute atomic E-state index is 13.0. The molecule has 3 aromatic rings. The van der Waals surface area contributed by atoms with Crippen molar-refractivity contribution in [1.82, 2.24) is 14.5 Å². The van der Waals surface area contributed by atoms with Gasteiger partial charge in [-0.3, -0.25) is 5.10 Å². The molecule has 1 aliphatic rings. The summed E-state index contributed by atoms with van der Waals surface area (Å²) in [6, 6.07) is 17.1. The van der Waals surface area contributed by atoms with Gasteiger partial charge in [-0.25, -0.2) is 13.4 Å². The van der Waals surface area contributed by atoms with Crippen LogP contribution in [0, 0.1) is 11.3 Å². The van der Waals surface area contributed by atoms with Crippen molar-refractivity contribution in [3.05, 3.63) is 65.2 Å². The molecule has 4 rings (SSSR count). The Hall–Kier alpha value is -3.19. The summed E-state index contributed by atoms with van der Waals surface area (Å²) in [7, 11) is -3.62. The van der Waals surface area contributed by atoms with Crippen LogP contribution < -0.4 is 5.32 Å². The molecule has 0 saturated carbocycles. The van der Waals surface area contributed by atoms with Crippen molar-refractivity contribution < 1.29 is 8.42 Å². The van der Waals surface area contributed by atoms with Crippen molar-refractivity contribution in [1.29, 1.82) is 5.26 Å². The fourth-order valence-corrected chi connectivity index (χ4v) is 5.28. The van der Waals surface area contributed by atoms with Crippen LogP contribution in [0.2, 0.25) is 5.02 Å². The molecular formula is C21H19ClN6O2S. The Labute approximate surface area is 185 Å². The van der Waals surface area contributed by atoms with Gasteiger partial charge in [0.05, 0.1) is 10.9 Å². The van der Waals surface area contributed by atoms with Gasteiger partial charge < -0.3 is 5.32 Å². The second-order valence-corrected chi connectivity index (χ2v) is 9.29. The van der Waals surface area contributed by atoms with Crippen molar-refractivity contribution >= 4 is 45.2 Å². The zero-order valence-electron chi connectivity index (χ0n) is 16.4. The van der Waals surface area contributed by atoms with Gasteiger partial charge in [0.2, 0.25) is 10.0 Å². The number of hydrogen-bond acceptors (Lipinski definition) is 6. The Morgan fingerprint density at radius 3 is 2.81 bits per heavy atom. The number of aromatic amines is 1. The van der Waals surface area contributed by atoms with E-state index in [2.05, 4.69) is 26.6 Å². The summed E-state index contributed by atoms with van der Waals surface area (Å²) in [6.07, 6.45) is 2.93. The molecule has 1 aromatic heterocycles. The van der Waals surface area contributed by atoms with Crippen LogP contribution in [0.1, 0.15) is 18.4 Å². The Kier molecular flexibility index (Phi) is 6.04. The number of H-pyrrole nitrogens is 1. The Balaban J connectivity index is 1.56. The standard InChI is InChI=1S/C21H19ClN6O2S/c22-15-6-4-7-16(12-15)25-21-19(13-23)20(26-27-21)24-14-17-8-5-11-28(17)31(29,30)18-9-2-1-3-10-18/h1-4,6-7,9-10,12,14,17H,5,8,11H2,(H2,25,26,27). The number of nitrogens with one attached hydrogen (secondary N) is 2. The van der Waals surface area contributed by atoms with Crippen LogP contribution in [0.15, 0.2) is 64.5 Å². The van der Waals surface area contributed by atoms with E-state index in [0.29, 0.717) is 29.5 Å². The fraction of sp³-hybridized carbons (Fsp3) is 0.190. The highest BCUT2D eigenvalue weighted by atomic mass is 35.5. The summed E-state index contributed by atoms with van der Waals surface area (Å²) in [6.45, 7) is 0.418. The Bertz CT molecular complexity index is 1250. The van der Waals surface area contributed by atoms with E-state index in [4.69, 9.17) is 11.6 Å². The van der Waals surface area contributed by atoms with E-state index < -0.39 is 16.1 Å². The van der Waals surface area contributed by atoms with Gasteiger partial charge >= 0.3 is 0 Å². The predicted molar refractivity (Wildman–Crippen MR) is 120 cm³/mol. The molecular weight excluding hydrogens is 436 g/mol. The summed E-state index contributed by atoms with van der Waals surface area (Å²) in [5.41, 5.74) is 0.922. The smallest absolute Gasteiger partial charge is 0.243 e. The van der Waals surface area contributed by atoms with E-state index in [1.54, 1.807) is 54.7 Å². The maximum Gasteiger partial charge on any atom is 0.243 e. The molecule has 0 bridgehead atoms. The Morgan fingerprint density at radius 1 is 1.26 bits per heavy atom. The van der Waals surface area contributed by atoms with E-state index >= 15 is 0 Å². The van der Waals surface area contributed by atoms with Crippen LogP contribution in [0.25, 0.3) is 0 Å². The van der Waals surface area contributed by atoms with Gasteiger partial charge in [-0.15, -0.1) is 0 Å². The average molecular weight is 455 g/mol. The number of halogens is 1. The van der Waals surface area contributed by atoms with Crippen LogP contribution in [0.3, 0.4) is 0 Å². The fourth-order valence-electron chi connectivity index (χ4n) is 3.43. The first-order valence-corrected chi connectivity index (χ1v) is 11.4. The highest BCUT2D eigenvalue weighted by molar-refractivity contribution is 7.89. The van der Waals surface area contributed by atoms with Crippen LogP contribution >= 0.6 is 11.6 Å². The number of hydrogen-bond donors (Lipinski definition) is 2. The molecule has 0 aliphatic carbocycles. The largest absolute Gasteiger partial charge is 0.339 e. The van der Waals surface area contributed by atoms with Gasteiger partial charge in [-0.1, -0.05) is 35.9 Å². The summed E-state index contributed by atoms with van der Waals surface area (Å²) >= 11 is 6.00. The summed E-state index contributed by atoms with van der Waals surface area (Å²) in [4.78, 5) is 4.58. The molecule has 0 amide bonds. The van der Waals surface area contributed by atoms with Gasteiger partial charge in [-0.2, -0.15) is 14.7 Å². The summed E-state index contributed by atoms with van der Waals surface area (Å²) < 4.78 is 27.4. The average Bonchev–Trinajstić information content (AvgIpc) is 3.40. The lowest BCUT2D eigenvalue weighted by Gasteiger charge is -2.21. The molecule has 31 heavy (non-hydrogen) atoms. The third kappa shape index (κ3) is 4.46. The first kappa shape index (κ1) is 21.1. The van der Waals surface area contributed by atoms with Gasteiger partial charge in [0, 0.05) is 23.5 Å². The van der Waals surface area contributed by atoms with E-state index in [-0.39, 0.29) is 16.3 Å². The van der Waals surface area contributed by atoms with Gasteiger partial charge in [0.1, 0.15) is 17.5 Å². The van der Waals surface area contributed by atoms with Crippen LogP contribution in [-0.4, -0.2) is 41.7 Å². The van der Waals surface area contributed by atoms with Crippen molar-refractivity contribution in [2.45, 2.75) is 23.8 Å². The molecule has 0 spiro atoms. The number of sulfonamides is 1. The molecule has 158 valence electrons. The molecule has 1 unspecified atom stereocenters. The minimum atomic E-state index is -3.62. The van der Waals surface area contributed by atoms with E-state index in [0.717, 1.165) is 6.42 Å². The molecule has 2 N–H and O–H groups in total. The first-order valence-electron chi connectivity index (χ1n) is 9.61. The van der Waals surface area contributed by atoms with E-state index in [1.165, 1.54) is 4.31 Å². The molecule has 1 atom stereocenters. The van der Waals surface area contributed by atoms with Crippen molar-refractivity contribution in [2.24, 2.45) is 4.99 Å². The number of benzene rings is 2. The highest BCUT2D eigenvalue weighted by Gasteiger charge is 2.34. The van der Waals surface area contributed by atoms with Crippen molar-refractivity contribution in [3.63, 3.8) is 0 Å². The van der Waals surface area contributed by atoms with Crippen molar-refractivity contribution in [3.8, 4) is 6.07 Å². The Morgan fingerprint density at radius 2 is 2.06 bits per heavy atom. The molecule has 1 fully saturated rings. The second kappa shape index (κ2) is 8.89. The highest BCUT2D eigenvalue weighted by Crippen LogP contribution is 2.29. The third-order valence-corrected chi connectivity index (χ3v) is 7.09. The molecule has 1 saturated heterocycles. The van der Waals surface area contributed by atoms with Gasteiger partial charge in [-0.05, 0) is 43.2 Å². The third-order valence-electron chi connectivity index (χ3n) is 4.92. The minimum Gasteiger partial charge on any atom is -0.339 e. The zero-order valence-corrected chi connectivity index (χ0v) is 17.9. The van der Waals surface area contributed by atoms with Gasteiger partial charge in [0.25, 0.3) is 0 Å². The monoisotopic (exact) mass is 454 g/mol. The van der Waals surface area contributed by atoms with Crippen LogP contribution in [0.4, 0.5) is 17.3 Å². The normalized spacial score (nSPS) is 17.1. The summed E-state index contributed by atoms with van der Waals surface area (Å²) in [5.74, 6) is 0.577. The number of anilines is 2. The molecule has 8 nitrogen and oxygen atoms in total. The lowest BCUT2D eigenvalue weighted by Crippen LogP contribution is -2.36. The molecule has 0 radical (unpaired) electrons. The number of nitriles is 1.